The summed E-state index contributed by atoms with van der Waals surface area (Å²) < 4.78 is 0. The normalized spacial score (nSPS) is 24.6. The van der Waals surface area contributed by atoms with Crippen LogP contribution >= 0.6 is 0 Å². The molecule has 1 aliphatic heterocycles. The van der Waals surface area contributed by atoms with Gasteiger partial charge >= 0.3 is 0 Å². The standard InChI is InChI=1S/C13H27N3O/c1-11-12(7-6-10-15-11)16-13(17)8-4-2-3-5-9-14/h11-12,15H,2-10,14H2,1H3,(H,16,17). The van der Waals surface area contributed by atoms with Crippen molar-refractivity contribution in [1.29, 1.82) is 0 Å². The number of amides is 1. The lowest BCUT2D eigenvalue weighted by Crippen LogP contribution is -2.51. The van der Waals surface area contributed by atoms with E-state index in [1.54, 1.807) is 0 Å². The summed E-state index contributed by atoms with van der Waals surface area (Å²) in [5, 5.41) is 6.53. The number of hydrogen-bond donors (Lipinski definition) is 3. The third-order valence-electron chi connectivity index (χ3n) is 3.47. The number of piperidine rings is 1. The number of carbonyl (C=O) groups excluding carboxylic acids is 1. The first kappa shape index (κ1) is 14.5. The fourth-order valence-corrected chi connectivity index (χ4v) is 2.30. The number of carbonyl (C=O) groups is 1. The predicted molar refractivity (Wildman–Crippen MR) is 70.8 cm³/mol. The number of rotatable bonds is 7. The largest absolute Gasteiger partial charge is 0.352 e. The first-order valence-corrected chi connectivity index (χ1v) is 6.97. The minimum Gasteiger partial charge on any atom is -0.352 e. The van der Waals surface area contributed by atoms with Gasteiger partial charge in [0.05, 0.1) is 0 Å². The molecule has 17 heavy (non-hydrogen) atoms. The molecule has 0 spiro atoms. The summed E-state index contributed by atoms with van der Waals surface area (Å²) in [6.07, 6.45) is 7.24. The second-order valence-corrected chi connectivity index (χ2v) is 5.01. The molecule has 100 valence electrons. The Labute approximate surface area is 105 Å². The quantitative estimate of drug-likeness (QED) is 0.586. The molecule has 0 aromatic carbocycles. The molecule has 1 amide bonds. The minimum absolute atomic E-state index is 0.207. The molecule has 1 rings (SSSR count). The maximum Gasteiger partial charge on any atom is 0.220 e. The maximum absolute atomic E-state index is 11.7. The molecule has 1 fully saturated rings. The van der Waals surface area contributed by atoms with Crippen LogP contribution in [0.3, 0.4) is 0 Å². The van der Waals surface area contributed by atoms with Crippen molar-refractivity contribution in [2.24, 2.45) is 5.73 Å². The molecular formula is C13H27N3O. The Kier molecular flexibility index (Phi) is 7.21. The Morgan fingerprint density at radius 2 is 2.12 bits per heavy atom. The van der Waals surface area contributed by atoms with Crippen molar-refractivity contribution in [2.75, 3.05) is 13.1 Å². The zero-order chi connectivity index (χ0) is 12.5. The van der Waals surface area contributed by atoms with Gasteiger partial charge < -0.3 is 16.4 Å². The monoisotopic (exact) mass is 241 g/mol. The second kappa shape index (κ2) is 8.48. The van der Waals surface area contributed by atoms with Crippen molar-refractivity contribution in [3.8, 4) is 0 Å². The summed E-state index contributed by atoms with van der Waals surface area (Å²) in [4.78, 5) is 11.7. The molecule has 1 aliphatic rings. The van der Waals surface area contributed by atoms with Gasteiger partial charge in [-0.3, -0.25) is 4.79 Å². The van der Waals surface area contributed by atoms with E-state index in [0.717, 1.165) is 51.6 Å². The smallest absolute Gasteiger partial charge is 0.220 e. The highest BCUT2D eigenvalue weighted by atomic mass is 16.1. The zero-order valence-electron chi connectivity index (χ0n) is 11.0. The topological polar surface area (TPSA) is 67.1 Å². The van der Waals surface area contributed by atoms with Crippen LogP contribution in [0.25, 0.3) is 0 Å². The molecule has 0 aromatic rings. The summed E-state index contributed by atoms with van der Waals surface area (Å²) in [7, 11) is 0. The van der Waals surface area contributed by atoms with Gasteiger partial charge in [0.1, 0.15) is 0 Å². The molecule has 0 aliphatic carbocycles. The first-order valence-electron chi connectivity index (χ1n) is 6.97. The van der Waals surface area contributed by atoms with Crippen molar-refractivity contribution in [2.45, 2.75) is 64.0 Å². The Morgan fingerprint density at radius 3 is 2.82 bits per heavy atom. The lowest BCUT2D eigenvalue weighted by atomic mass is 9.99. The molecule has 4 N–H and O–H groups in total. The van der Waals surface area contributed by atoms with Crippen LogP contribution in [0, 0.1) is 0 Å². The van der Waals surface area contributed by atoms with Gasteiger partial charge in [0, 0.05) is 18.5 Å². The Hall–Kier alpha value is -0.610. The third kappa shape index (κ3) is 6.03. The molecule has 4 nitrogen and oxygen atoms in total. The summed E-state index contributed by atoms with van der Waals surface area (Å²) in [6.45, 7) is 3.98. The highest BCUT2D eigenvalue weighted by Gasteiger charge is 2.21. The fourth-order valence-electron chi connectivity index (χ4n) is 2.30. The second-order valence-electron chi connectivity index (χ2n) is 5.01. The van der Waals surface area contributed by atoms with Crippen LogP contribution in [0.15, 0.2) is 0 Å². The summed E-state index contributed by atoms with van der Waals surface area (Å²) in [5.41, 5.74) is 5.42. The SMILES string of the molecule is CC1NCCCC1NC(=O)CCCCCCN. The van der Waals surface area contributed by atoms with Crippen LogP contribution in [-0.2, 0) is 4.79 Å². The van der Waals surface area contributed by atoms with E-state index in [0.29, 0.717) is 18.5 Å². The van der Waals surface area contributed by atoms with E-state index in [-0.39, 0.29) is 5.91 Å². The summed E-state index contributed by atoms with van der Waals surface area (Å²) in [5.74, 6) is 0.207. The first-order chi connectivity index (χ1) is 8.24. The molecule has 0 radical (unpaired) electrons. The van der Waals surface area contributed by atoms with Crippen molar-refractivity contribution >= 4 is 5.91 Å². The molecule has 2 unspecified atom stereocenters. The average Bonchev–Trinajstić information content (AvgIpc) is 2.32. The number of nitrogens with two attached hydrogens (primary N) is 1. The van der Waals surface area contributed by atoms with Crippen molar-refractivity contribution in [1.82, 2.24) is 10.6 Å². The van der Waals surface area contributed by atoms with Crippen LogP contribution in [0.4, 0.5) is 0 Å². The van der Waals surface area contributed by atoms with Crippen LogP contribution < -0.4 is 16.4 Å². The van der Waals surface area contributed by atoms with Gasteiger partial charge in [0.25, 0.3) is 0 Å². The molecular weight excluding hydrogens is 214 g/mol. The van der Waals surface area contributed by atoms with Gasteiger partial charge in [-0.05, 0) is 45.7 Å². The lowest BCUT2D eigenvalue weighted by molar-refractivity contribution is -0.122. The molecule has 0 aromatic heterocycles. The van der Waals surface area contributed by atoms with Crippen molar-refractivity contribution in [3.63, 3.8) is 0 Å². The molecule has 1 heterocycles. The van der Waals surface area contributed by atoms with Crippen LogP contribution in [0.5, 0.6) is 0 Å². The van der Waals surface area contributed by atoms with Gasteiger partial charge in [-0.15, -0.1) is 0 Å². The van der Waals surface area contributed by atoms with Crippen LogP contribution in [-0.4, -0.2) is 31.1 Å². The van der Waals surface area contributed by atoms with Gasteiger partial charge in [0.15, 0.2) is 0 Å². The summed E-state index contributed by atoms with van der Waals surface area (Å²) >= 11 is 0. The highest BCUT2D eigenvalue weighted by Crippen LogP contribution is 2.09. The number of unbranched alkanes of at least 4 members (excludes halogenated alkanes) is 3. The predicted octanol–water partition coefficient (Wildman–Crippen LogP) is 1.15. The van der Waals surface area contributed by atoms with E-state index in [9.17, 15) is 4.79 Å². The van der Waals surface area contributed by atoms with Crippen molar-refractivity contribution in [3.05, 3.63) is 0 Å². The number of nitrogens with one attached hydrogen (secondary N) is 2. The van der Waals surface area contributed by atoms with Gasteiger partial charge in [-0.2, -0.15) is 0 Å². The Morgan fingerprint density at radius 1 is 1.35 bits per heavy atom. The molecule has 0 saturated carbocycles. The Balaban J connectivity index is 2.07. The molecule has 4 heteroatoms. The highest BCUT2D eigenvalue weighted by molar-refractivity contribution is 5.76. The Bertz CT molecular complexity index is 221. The fraction of sp³-hybridized carbons (Fsp3) is 0.923. The molecule has 2 atom stereocenters. The van der Waals surface area contributed by atoms with E-state index in [4.69, 9.17) is 5.73 Å². The number of hydrogen-bond acceptors (Lipinski definition) is 3. The van der Waals surface area contributed by atoms with Crippen LogP contribution in [0.2, 0.25) is 0 Å². The van der Waals surface area contributed by atoms with Gasteiger partial charge in [0.2, 0.25) is 5.91 Å². The van der Waals surface area contributed by atoms with Crippen molar-refractivity contribution < 1.29 is 4.79 Å². The van der Waals surface area contributed by atoms with E-state index >= 15 is 0 Å². The zero-order valence-corrected chi connectivity index (χ0v) is 11.0. The third-order valence-corrected chi connectivity index (χ3v) is 3.47. The summed E-state index contributed by atoms with van der Waals surface area (Å²) in [6, 6.07) is 0.727. The van der Waals surface area contributed by atoms with Gasteiger partial charge in [-0.25, -0.2) is 0 Å². The van der Waals surface area contributed by atoms with Gasteiger partial charge in [-0.1, -0.05) is 12.8 Å². The maximum atomic E-state index is 11.7. The van der Waals surface area contributed by atoms with Crippen LogP contribution in [0.1, 0.15) is 51.9 Å². The van der Waals surface area contributed by atoms with E-state index < -0.39 is 0 Å². The molecule has 1 saturated heterocycles. The molecule has 0 bridgehead atoms. The lowest BCUT2D eigenvalue weighted by Gasteiger charge is -2.30. The minimum atomic E-state index is 0.207. The van der Waals surface area contributed by atoms with E-state index in [1.807, 2.05) is 0 Å². The van der Waals surface area contributed by atoms with E-state index in [1.165, 1.54) is 0 Å². The van der Waals surface area contributed by atoms with E-state index in [2.05, 4.69) is 17.6 Å². The average molecular weight is 241 g/mol.